The summed E-state index contributed by atoms with van der Waals surface area (Å²) in [4.78, 5) is 12.2. The monoisotopic (exact) mass is 267 g/mol. The molecule has 1 aliphatic heterocycles. The summed E-state index contributed by atoms with van der Waals surface area (Å²) in [5, 5.41) is 5.10. The lowest BCUT2D eigenvalue weighted by atomic mass is 10.1. The van der Waals surface area contributed by atoms with Gasteiger partial charge in [0, 0.05) is 0 Å². The van der Waals surface area contributed by atoms with Crippen LogP contribution in [-0.4, -0.2) is 18.6 Å². The predicted octanol–water partition coefficient (Wildman–Crippen LogP) is 1.70. The molecule has 1 amide bonds. The predicted molar refractivity (Wildman–Crippen MR) is 79.0 cm³/mol. The van der Waals surface area contributed by atoms with Crippen LogP contribution in [0.2, 0.25) is 0 Å². The average Bonchev–Trinajstić information content (AvgIpc) is 2.51. The van der Waals surface area contributed by atoms with Gasteiger partial charge in [0.15, 0.2) is 0 Å². The van der Waals surface area contributed by atoms with E-state index in [0.717, 1.165) is 11.3 Å². The smallest absolute Gasteiger partial charge is 0.256 e. The van der Waals surface area contributed by atoms with Crippen LogP contribution < -0.4 is 15.8 Å². The zero-order valence-corrected chi connectivity index (χ0v) is 11.1. The molecule has 2 N–H and O–H groups in total. The number of amides is 1. The summed E-state index contributed by atoms with van der Waals surface area (Å²) < 4.78 is 0. The molecule has 2 aromatic carbocycles. The highest BCUT2D eigenvalue weighted by molar-refractivity contribution is 5.84. The number of hydrazine groups is 1. The van der Waals surface area contributed by atoms with E-state index < -0.39 is 0 Å². The SMILES string of the molecule is O=C1NN(c2ccccc2)CNC1Cc1ccccc1. The summed E-state index contributed by atoms with van der Waals surface area (Å²) in [6.45, 7) is 0.604. The fourth-order valence-corrected chi connectivity index (χ4v) is 2.32. The Balaban J connectivity index is 1.64. The van der Waals surface area contributed by atoms with E-state index in [4.69, 9.17) is 0 Å². The second-order valence-electron chi connectivity index (χ2n) is 4.84. The van der Waals surface area contributed by atoms with Gasteiger partial charge in [-0.05, 0) is 24.1 Å². The van der Waals surface area contributed by atoms with E-state index in [1.54, 1.807) is 0 Å². The van der Waals surface area contributed by atoms with Gasteiger partial charge in [-0.25, -0.2) is 0 Å². The fourth-order valence-electron chi connectivity index (χ4n) is 2.32. The van der Waals surface area contributed by atoms with E-state index in [9.17, 15) is 4.79 Å². The topological polar surface area (TPSA) is 44.4 Å². The summed E-state index contributed by atoms with van der Waals surface area (Å²) in [6.07, 6.45) is 0.704. The summed E-state index contributed by atoms with van der Waals surface area (Å²) in [5.41, 5.74) is 5.07. The van der Waals surface area contributed by atoms with Crippen LogP contribution in [0.3, 0.4) is 0 Å². The third-order valence-electron chi connectivity index (χ3n) is 3.41. The molecule has 0 radical (unpaired) electrons. The molecular weight excluding hydrogens is 250 g/mol. The Labute approximate surface area is 118 Å². The summed E-state index contributed by atoms with van der Waals surface area (Å²) in [6, 6.07) is 19.7. The van der Waals surface area contributed by atoms with Crippen LogP contribution >= 0.6 is 0 Å². The number of nitrogens with zero attached hydrogens (tertiary/aromatic N) is 1. The van der Waals surface area contributed by atoms with Crippen molar-refractivity contribution in [3.63, 3.8) is 0 Å². The molecule has 1 heterocycles. The minimum atomic E-state index is -0.183. The fraction of sp³-hybridized carbons (Fsp3) is 0.188. The average molecular weight is 267 g/mol. The molecule has 1 atom stereocenters. The first-order valence-corrected chi connectivity index (χ1v) is 6.73. The van der Waals surface area contributed by atoms with E-state index >= 15 is 0 Å². The molecule has 3 rings (SSSR count). The highest BCUT2D eigenvalue weighted by Crippen LogP contribution is 2.13. The number of nitrogens with one attached hydrogen (secondary N) is 2. The number of anilines is 1. The normalized spacial score (nSPS) is 18.7. The molecule has 20 heavy (non-hydrogen) atoms. The van der Waals surface area contributed by atoms with Crippen molar-refractivity contribution in [3.05, 3.63) is 66.2 Å². The number of hydrogen-bond acceptors (Lipinski definition) is 3. The molecule has 1 fully saturated rings. The van der Waals surface area contributed by atoms with Crippen molar-refractivity contribution in [2.75, 3.05) is 11.7 Å². The molecule has 0 bridgehead atoms. The van der Waals surface area contributed by atoms with Crippen LogP contribution in [0.15, 0.2) is 60.7 Å². The molecule has 1 unspecified atom stereocenters. The van der Waals surface area contributed by atoms with Gasteiger partial charge in [0.1, 0.15) is 0 Å². The summed E-state index contributed by atoms with van der Waals surface area (Å²) >= 11 is 0. The Morgan fingerprint density at radius 3 is 2.30 bits per heavy atom. The third kappa shape index (κ3) is 2.81. The minimum absolute atomic E-state index is 0.00366. The van der Waals surface area contributed by atoms with Crippen molar-refractivity contribution in [2.24, 2.45) is 0 Å². The Kier molecular flexibility index (Phi) is 3.65. The first kappa shape index (κ1) is 12.7. The zero-order chi connectivity index (χ0) is 13.8. The van der Waals surface area contributed by atoms with E-state index in [2.05, 4.69) is 10.7 Å². The van der Waals surface area contributed by atoms with E-state index in [-0.39, 0.29) is 11.9 Å². The van der Waals surface area contributed by atoms with Crippen LogP contribution in [0.4, 0.5) is 5.69 Å². The van der Waals surface area contributed by atoms with Gasteiger partial charge in [-0.15, -0.1) is 0 Å². The molecular formula is C16H17N3O. The Hall–Kier alpha value is -2.33. The van der Waals surface area contributed by atoms with Crippen LogP contribution in [0.5, 0.6) is 0 Å². The van der Waals surface area contributed by atoms with Crippen molar-refractivity contribution in [2.45, 2.75) is 12.5 Å². The maximum atomic E-state index is 12.2. The standard InChI is InChI=1S/C16H17N3O/c20-16-15(11-13-7-3-1-4-8-13)17-12-19(18-16)14-9-5-2-6-10-14/h1-10,15,17H,11-12H2,(H,18,20). The van der Waals surface area contributed by atoms with Crippen LogP contribution in [0.25, 0.3) is 0 Å². The maximum Gasteiger partial charge on any atom is 0.256 e. The summed E-state index contributed by atoms with van der Waals surface area (Å²) in [5.74, 6) is 0.00366. The molecule has 0 aromatic heterocycles. The molecule has 1 saturated heterocycles. The highest BCUT2D eigenvalue weighted by atomic mass is 16.2. The van der Waals surface area contributed by atoms with Crippen molar-refractivity contribution in [3.8, 4) is 0 Å². The maximum absolute atomic E-state index is 12.2. The first-order valence-electron chi connectivity index (χ1n) is 6.73. The summed E-state index contributed by atoms with van der Waals surface area (Å²) in [7, 11) is 0. The molecule has 0 spiro atoms. The van der Waals surface area contributed by atoms with Crippen molar-refractivity contribution >= 4 is 11.6 Å². The lowest BCUT2D eigenvalue weighted by Crippen LogP contribution is -2.62. The van der Waals surface area contributed by atoms with Gasteiger partial charge >= 0.3 is 0 Å². The van der Waals surface area contributed by atoms with Gasteiger partial charge in [-0.2, -0.15) is 0 Å². The van der Waals surface area contributed by atoms with Gasteiger partial charge in [-0.3, -0.25) is 20.5 Å². The molecule has 0 saturated carbocycles. The minimum Gasteiger partial charge on any atom is -0.287 e. The first-order chi connectivity index (χ1) is 9.83. The number of benzene rings is 2. The molecule has 4 heteroatoms. The second-order valence-corrected chi connectivity index (χ2v) is 4.84. The van der Waals surface area contributed by atoms with Crippen molar-refractivity contribution in [1.82, 2.24) is 10.7 Å². The number of hydrogen-bond donors (Lipinski definition) is 2. The van der Waals surface area contributed by atoms with Gasteiger partial charge in [0.25, 0.3) is 5.91 Å². The van der Waals surface area contributed by atoms with Crippen molar-refractivity contribution in [1.29, 1.82) is 0 Å². The molecule has 0 aliphatic carbocycles. The van der Waals surface area contributed by atoms with Gasteiger partial charge in [0.05, 0.1) is 18.4 Å². The van der Waals surface area contributed by atoms with E-state index in [1.807, 2.05) is 65.7 Å². The second kappa shape index (κ2) is 5.75. The lowest BCUT2D eigenvalue weighted by Gasteiger charge is -2.34. The Bertz CT molecular complexity index is 571. The highest BCUT2D eigenvalue weighted by Gasteiger charge is 2.26. The largest absolute Gasteiger partial charge is 0.287 e. The van der Waals surface area contributed by atoms with E-state index in [0.29, 0.717) is 13.1 Å². The number of rotatable bonds is 3. The molecule has 2 aromatic rings. The van der Waals surface area contributed by atoms with Crippen LogP contribution in [0, 0.1) is 0 Å². The molecule has 1 aliphatic rings. The number of para-hydroxylation sites is 1. The quantitative estimate of drug-likeness (QED) is 0.889. The van der Waals surface area contributed by atoms with Crippen molar-refractivity contribution < 1.29 is 4.79 Å². The lowest BCUT2D eigenvalue weighted by molar-refractivity contribution is -0.124. The van der Waals surface area contributed by atoms with Gasteiger partial charge < -0.3 is 0 Å². The molecule has 102 valence electrons. The van der Waals surface area contributed by atoms with E-state index in [1.165, 1.54) is 0 Å². The molecule has 4 nitrogen and oxygen atoms in total. The van der Waals surface area contributed by atoms with Gasteiger partial charge in [-0.1, -0.05) is 48.5 Å². The third-order valence-corrected chi connectivity index (χ3v) is 3.41. The van der Waals surface area contributed by atoms with Gasteiger partial charge in [0.2, 0.25) is 0 Å². The Morgan fingerprint density at radius 2 is 1.65 bits per heavy atom. The number of carbonyl (C=O) groups is 1. The number of carbonyl (C=O) groups excluding carboxylic acids is 1. The zero-order valence-electron chi connectivity index (χ0n) is 11.1. The van der Waals surface area contributed by atoms with Crippen LogP contribution in [0.1, 0.15) is 5.56 Å². The Morgan fingerprint density at radius 1 is 1.00 bits per heavy atom. The van der Waals surface area contributed by atoms with Crippen LogP contribution in [-0.2, 0) is 11.2 Å².